The van der Waals surface area contributed by atoms with Gasteiger partial charge in [-0.1, -0.05) is 12.1 Å². The molecule has 8 nitrogen and oxygen atoms in total. The van der Waals surface area contributed by atoms with Crippen LogP contribution in [0.25, 0.3) is 11.1 Å². The van der Waals surface area contributed by atoms with Crippen molar-refractivity contribution in [3.05, 3.63) is 60.7 Å². The van der Waals surface area contributed by atoms with Crippen LogP contribution >= 0.6 is 0 Å². The van der Waals surface area contributed by atoms with Gasteiger partial charge >= 0.3 is 0 Å². The zero-order valence-electron chi connectivity index (χ0n) is 15.5. The Hall–Kier alpha value is -3.68. The van der Waals surface area contributed by atoms with Crippen molar-refractivity contribution in [3.63, 3.8) is 0 Å². The number of para-hydroxylation sites is 2. The normalized spacial score (nSPS) is 15.5. The minimum atomic E-state index is -0.779. The van der Waals surface area contributed by atoms with E-state index in [0.717, 1.165) is 11.1 Å². The molecule has 2 aromatic heterocycles. The smallest absolute Gasteiger partial charge is 0.262 e. The highest BCUT2D eigenvalue weighted by atomic mass is 16.5. The first-order valence-electron chi connectivity index (χ1n) is 8.80. The van der Waals surface area contributed by atoms with Crippen molar-refractivity contribution in [2.24, 2.45) is 7.05 Å². The molecule has 4 rings (SSSR count). The van der Waals surface area contributed by atoms with Crippen molar-refractivity contribution in [2.75, 3.05) is 18.5 Å². The molecule has 3 aromatic rings. The molecule has 0 unspecified atom stereocenters. The van der Waals surface area contributed by atoms with Crippen molar-refractivity contribution in [1.29, 1.82) is 0 Å². The Bertz CT molecular complexity index is 1050. The largest absolute Gasteiger partial charge is 0.477 e. The molecule has 0 spiro atoms. The molecule has 0 saturated carbocycles. The van der Waals surface area contributed by atoms with Crippen LogP contribution in [-0.2, 0) is 11.8 Å². The molecule has 0 fully saturated rings. The van der Waals surface area contributed by atoms with Crippen LogP contribution in [0.1, 0.15) is 10.4 Å². The summed E-state index contributed by atoms with van der Waals surface area (Å²) < 4.78 is 7.45. The predicted molar refractivity (Wildman–Crippen MR) is 103 cm³/mol. The van der Waals surface area contributed by atoms with Gasteiger partial charge in [0.25, 0.3) is 11.8 Å². The van der Waals surface area contributed by atoms with E-state index in [9.17, 15) is 9.59 Å². The maximum Gasteiger partial charge on any atom is 0.262 e. The Morgan fingerprint density at radius 2 is 2.00 bits per heavy atom. The van der Waals surface area contributed by atoms with Gasteiger partial charge in [0.15, 0.2) is 6.10 Å². The highest BCUT2D eigenvalue weighted by molar-refractivity contribution is 6.08. The highest BCUT2D eigenvalue weighted by Crippen LogP contribution is 2.34. The Morgan fingerprint density at radius 3 is 2.75 bits per heavy atom. The molecule has 28 heavy (non-hydrogen) atoms. The van der Waals surface area contributed by atoms with E-state index in [-0.39, 0.29) is 18.4 Å². The second-order valence-corrected chi connectivity index (χ2v) is 6.47. The molecule has 142 valence electrons. The topological polar surface area (TPSA) is 89.4 Å². The number of nitrogens with zero attached hydrogens (tertiary/aromatic N) is 4. The number of carbonyl (C=O) groups excluding carboxylic acids is 2. The fourth-order valence-corrected chi connectivity index (χ4v) is 3.17. The molecule has 3 heterocycles. The number of hydrogen-bond acceptors (Lipinski definition) is 5. The molecule has 0 aliphatic carbocycles. The third-order valence-electron chi connectivity index (χ3n) is 4.58. The van der Waals surface area contributed by atoms with Crippen LogP contribution in [0.3, 0.4) is 0 Å². The summed E-state index contributed by atoms with van der Waals surface area (Å²) >= 11 is 0. The summed E-state index contributed by atoms with van der Waals surface area (Å²) in [5.74, 6) is -0.0375. The van der Waals surface area contributed by atoms with E-state index in [0.29, 0.717) is 17.0 Å². The van der Waals surface area contributed by atoms with Crippen LogP contribution in [-0.4, -0.2) is 46.3 Å². The van der Waals surface area contributed by atoms with Crippen molar-refractivity contribution in [1.82, 2.24) is 20.1 Å². The van der Waals surface area contributed by atoms with E-state index in [1.807, 2.05) is 19.3 Å². The molecule has 0 saturated heterocycles. The molecule has 1 atom stereocenters. The minimum Gasteiger partial charge on any atom is -0.477 e. The number of hydrogen-bond donors (Lipinski definition) is 1. The predicted octanol–water partition coefficient (Wildman–Crippen LogP) is 1.64. The Kier molecular flexibility index (Phi) is 4.52. The summed E-state index contributed by atoms with van der Waals surface area (Å²) in [6, 6.07) is 8.95. The van der Waals surface area contributed by atoms with Crippen molar-refractivity contribution in [3.8, 4) is 16.9 Å². The van der Waals surface area contributed by atoms with Gasteiger partial charge in [0.05, 0.1) is 24.0 Å². The van der Waals surface area contributed by atoms with Crippen LogP contribution in [0.15, 0.2) is 55.1 Å². The average molecular weight is 377 g/mol. The Balaban J connectivity index is 1.70. The summed E-state index contributed by atoms with van der Waals surface area (Å²) in [7, 11) is 3.37. The fraction of sp³-hybridized carbons (Fsp3) is 0.200. The van der Waals surface area contributed by atoms with Gasteiger partial charge in [-0.2, -0.15) is 5.10 Å². The van der Waals surface area contributed by atoms with E-state index < -0.39 is 6.10 Å². The van der Waals surface area contributed by atoms with Crippen LogP contribution in [0.4, 0.5) is 5.69 Å². The quantitative estimate of drug-likeness (QED) is 0.749. The van der Waals surface area contributed by atoms with Gasteiger partial charge in [-0.05, 0) is 18.2 Å². The minimum absolute atomic E-state index is 0.118. The highest BCUT2D eigenvalue weighted by Gasteiger charge is 2.33. The van der Waals surface area contributed by atoms with Gasteiger partial charge < -0.3 is 15.0 Å². The van der Waals surface area contributed by atoms with Crippen LogP contribution in [0.5, 0.6) is 5.75 Å². The molecular weight excluding hydrogens is 358 g/mol. The first kappa shape index (κ1) is 17.7. The number of aryl methyl sites for hydroxylation is 1. The van der Waals surface area contributed by atoms with Crippen LogP contribution in [0, 0.1) is 0 Å². The van der Waals surface area contributed by atoms with Gasteiger partial charge in [-0.15, -0.1) is 0 Å². The van der Waals surface area contributed by atoms with Gasteiger partial charge in [-0.3, -0.25) is 19.3 Å². The Morgan fingerprint density at radius 1 is 1.18 bits per heavy atom. The van der Waals surface area contributed by atoms with Gasteiger partial charge in [0.2, 0.25) is 0 Å². The van der Waals surface area contributed by atoms with Gasteiger partial charge in [-0.25, -0.2) is 0 Å². The summed E-state index contributed by atoms with van der Waals surface area (Å²) in [4.78, 5) is 31.2. The number of aromatic nitrogens is 3. The summed E-state index contributed by atoms with van der Waals surface area (Å²) in [6.45, 7) is 0.118. The maximum absolute atomic E-state index is 13.3. The van der Waals surface area contributed by atoms with Crippen LogP contribution in [0.2, 0.25) is 0 Å². The molecule has 1 N–H and O–H groups in total. The molecule has 0 bridgehead atoms. The van der Waals surface area contributed by atoms with E-state index in [4.69, 9.17) is 4.74 Å². The number of anilines is 1. The van der Waals surface area contributed by atoms with Crippen LogP contribution < -0.4 is 15.0 Å². The molecule has 8 heteroatoms. The lowest BCUT2D eigenvalue weighted by atomic mass is 10.1. The zero-order valence-corrected chi connectivity index (χ0v) is 15.5. The zero-order chi connectivity index (χ0) is 19.7. The second-order valence-electron chi connectivity index (χ2n) is 6.47. The Labute approximate surface area is 161 Å². The molecule has 0 radical (unpaired) electrons. The average Bonchev–Trinajstić information content (AvgIpc) is 3.18. The number of amides is 2. The van der Waals surface area contributed by atoms with E-state index in [2.05, 4.69) is 15.4 Å². The molecular formula is C20H19N5O3. The lowest BCUT2D eigenvalue weighted by molar-refractivity contribution is -0.127. The lowest BCUT2D eigenvalue weighted by Crippen LogP contribution is -2.50. The number of likely N-dealkylation sites (N-methyl/N-ethyl adjacent to an activating group) is 1. The first-order valence-corrected chi connectivity index (χ1v) is 8.80. The number of rotatable bonds is 3. The van der Waals surface area contributed by atoms with Crippen molar-refractivity contribution < 1.29 is 14.3 Å². The van der Waals surface area contributed by atoms with Gasteiger partial charge in [0, 0.05) is 43.8 Å². The number of nitrogens with one attached hydrogen (secondary N) is 1. The molecule has 1 aliphatic rings. The number of fused-ring (bicyclic) bond motifs is 1. The SMILES string of the molecule is CNC(=O)[C@@H]1CN(C(=O)c2cncc(-c3cnn(C)c3)c2)c2ccccc2O1. The number of ether oxygens (including phenoxy) is 1. The third kappa shape index (κ3) is 3.20. The monoisotopic (exact) mass is 377 g/mol. The number of carbonyl (C=O) groups is 2. The van der Waals surface area contributed by atoms with Crippen molar-refractivity contribution >= 4 is 17.5 Å². The van der Waals surface area contributed by atoms with Gasteiger partial charge in [0.1, 0.15) is 5.75 Å². The number of pyridine rings is 1. The molecule has 1 aromatic carbocycles. The van der Waals surface area contributed by atoms with E-state index >= 15 is 0 Å². The summed E-state index contributed by atoms with van der Waals surface area (Å²) in [5, 5.41) is 6.73. The maximum atomic E-state index is 13.3. The second kappa shape index (κ2) is 7.15. The first-order chi connectivity index (χ1) is 13.6. The fourth-order valence-electron chi connectivity index (χ4n) is 3.17. The summed E-state index contributed by atoms with van der Waals surface area (Å²) in [6.07, 6.45) is 6.01. The van der Waals surface area contributed by atoms with Crippen molar-refractivity contribution in [2.45, 2.75) is 6.10 Å². The molecule has 2 amide bonds. The van der Waals surface area contributed by atoms with E-state index in [1.165, 1.54) is 6.20 Å². The van der Waals surface area contributed by atoms with E-state index in [1.54, 1.807) is 53.3 Å². The summed E-state index contributed by atoms with van der Waals surface area (Å²) in [5.41, 5.74) is 2.71. The number of benzene rings is 1. The third-order valence-corrected chi connectivity index (χ3v) is 4.58. The standard InChI is InChI=1S/C20H19N5O3/c1-21-19(26)18-12-25(16-5-3-4-6-17(16)28-18)20(27)14-7-13(8-22-9-14)15-10-23-24(2)11-15/h3-11,18H,12H2,1-2H3,(H,21,26)/t18-/m0/s1. The molecule has 1 aliphatic heterocycles. The lowest BCUT2D eigenvalue weighted by Gasteiger charge is -2.34.